The first-order valence-corrected chi connectivity index (χ1v) is 9.83. The van der Waals surface area contributed by atoms with E-state index in [0.29, 0.717) is 6.42 Å². The summed E-state index contributed by atoms with van der Waals surface area (Å²) < 4.78 is 0. The largest absolute Gasteiger partial charge is 0.508 e. The van der Waals surface area contributed by atoms with Gasteiger partial charge in [0.15, 0.2) is 0 Å². The molecule has 0 saturated heterocycles. The molecule has 0 heterocycles. The van der Waals surface area contributed by atoms with Gasteiger partial charge < -0.3 is 15.5 Å². The number of carboxylic acid groups (broad SMARTS) is 1. The molecule has 1 aromatic rings. The van der Waals surface area contributed by atoms with Crippen LogP contribution < -0.4 is 5.32 Å². The van der Waals surface area contributed by atoms with Gasteiger partial charge >= 0.3 is 5.97 Å². The average Bonchev–Trinajstić information content (AvgIpc) is 2.61. The number of phenolic OH excluding ortho intramolecular Hbond substituents is 1. The van der Waals surface area contributed by atoms with Gasteiger partial charge in [-0.25, -0.2) is 4.79 Å². The summed E-state index contributed by atoms with van der Waals surface area (Å²) in [5, 5.41) is 21.2. The minimum Gasteiger partial charge on any atom is -0.508 e. The van der Waals surface area contributed by atoms with E-state index in [1.165, 1.54) is 50.7 Å². The number of carbonyl (C=O) groups is 2. The third-order valence-corrected chi connectivity index (χ3v) is 4.52. The van der Waals surface area contributed by atoms with Gasteiger partial charge in [-0.1, -0.05) is 70.4 Å². The molecule has 1 unspecified atom stereocenters. The van der Waals surface area contributed by atoms with Crippen LogP contribution in [0.3, 0.4) is 0 Å². The van der Waals surface area contributed by atoms with Crippen LogP contribution in [0, 0.1) is 0 Å². The predicted octanol–water partition coefficient (Wildman–Crippen LogP) is 4.43. The molecular formula is C21H33NO4. The molecule has 1 amide bonds. The minimum absolute atomic E-state index is 0.134. The van der Waals surface area contributed by atoms with Crippen molar-refractivity contribution in [1.82, 2.24) is 5.32 Å². The molecule has 0 aliphatic carbocycles. The molecule has 0 aromatic heterocycles. The Hall–Kier alpha value is -2.04. The SMILES string of the molecule is CCCCCCCCCCCC(=O)NC(Cc1ccc(O)cc1)C(=O)O. The number of aromatic hydroxyl groups is 1. The van der Waals surface area contributed by atoms with Crippen molar-refractivity contribution in [3.63, 3.8) is 0 Å². The highest BCUT2D eigenvalue weighted by molar-refractivity contribution is 5.83. The molecule has 1 rings (SSSR count). The molecule has 0 aliphatic rings. The van der Waals surface area contributed by atoms with Gasteiger partial charge in [-0.05, 0) is 24.1 Å². The summed E-state index contributed by atoms with van der Waals surface area (Å²) >= 11 is 0. The Morgan fingerprint density at radius 1 is 0.923 bits per heavy atom. The quantitative estimate of drug-likeness (QED) is 0.427. The van der Waals surface area contributed by atoms with Crippen molar-refractivity contribution in [2.24, 2.45) is 0 Å². The molecule has 0 spiro atoms. The Morgan fingerprint density at radius 3 is 2.00 bits per heavy atom. The Labute approximate surface area is 156 Å². The summed E-state index contributed by atoms with van der Waals surface area (Å²) in [6.07, 6.45) is 11.2. The molecule has 0 aliphatic heterocycles. The fraction of sp³-hybridized carbons (Fsp3) is 0.619. The van der Waals surface area contributed by atoms with Crippen molar-refractivity contribution in [2.45, 2.75) is 83.6 Å². The van der Waals surface area contributed by atoms with Crippen molar-refractivity contribution >= 4 is 11.9 Å². The Kier molecular flexibility index (Phi) is 11.2. The van der Waals surface area contributed by atoms with Gasteiger partial charge in [0.05, 0.1) is 0 Å². The van der Waals surface area contributed by atoms with Crippen LogP contribution >= 0.6 is 0 Å². The zero-order valence-electron chi connectivity index (χ0n) is 15.9. The van der Waals surface area contributed by atoms with Crippen LogP contribution in [0.5, 0.6) is 5.75 Å². The second kappa shape index (κ2) is 13.2. The second-order valence-corrected chi connectivity index (χ2v) is 6.91. The van der Waals surface area contributed by atoms with Crippen LogP contribution in [-0.2, 0) is 16.0 Å². The van der Waals surface area contributed by atoms with E-state index in [1.807, 2.05) is 0 Å². The maximum absolute atomic E-state index is 12.0. The lowest BCUT2D eigenvalue weighted by atomic mass is 10.0. The normalized spacial score (nSPS) is 11.9. The lowest BCUT2D eigenvalue weighted by molar-refractivity contribution is -0.141. The van der Waals surface area contributed by atoms with Crippen LogP contribution in [0.2, 0.25) is 0 Å². The van der Waals surface area contributed by atoms with Crippen LogP contribution in [0.4, 0.5) is 0 Å². The van der Waals surface area contributed by atoms with Gasteiger partial charge in [-0.15, -0.1) is 0 Å². The number of phenols is 1. The van der Waals surface area contributed by atoms with Crippen molar-refractivity contribution in [3.05, 3.63) is 29.8 Å². The van der Waals surface area contributed by atoms with Crippen molar-refractivity contribution in [1.29, 1.82) is 0 Å². The molecule has 1 atom stereocenters. The third kappa shape index (κ3) is 10.1. The van der Waals surface area contributed by atoms with Gasteiger partial charge in [0, 0.05) is 12.8 Å². The molecule has 0 radical (unpaired) electrons. The number of rotatable bonds is 14. The van der Waals surface area contributed by atoms with Crippen molar-refractivity contribution in [2.75, 3.05) is 0 Å². The Balaban J connectivity index is 2.20. The summed E-state index contributed by atoms with van der Waals surface area (Å²) in [4.78, 5) is 23.4. The lowest BCUT2D eigenvalue weighted by Crippen LogP contribution is -2.42. The van der Waals surface area contributed by atoms with E-state index >= 15 is 0 Å². The summed E-state index contributed by atoms with van der Waals surface area (Å²) in [6.45, 7) is 2.21. The van der Waals surface area contributed by atoms with E-state index in [1.54, 1.807) is 12.1 Å². The number of hydrogen-bond donors (Lipinski definition) is 3. The van der Waals surface area contributed by atoms with E-state index in [-0.39, 0.29) is 18.1 Å². The molecule has 1 aromatic carbocycles. The summed E-state index contributed by atoms with van der Waals surface area (Å²) in [7, 11) is 0. The Bertz CT molecular complexity index is 527. The van der Waals surface area contributed by atoms with Crippen molar-refractivity contribution < 1.29 is 19.8 Å². The van der Waals surface area contributed by atoms with Gasteiger partial charge in [-0.3, -0.25) is 4.79 Å². The van der Waals surface area contributed by atoms with Gasteiger partial charge in [-0.2, -0.15) is 0 Å². The number of benzene rings is 1. The first kappa shape index (κ1) is 22.0. The molecule has 0 saturated carbocycles. The number of carboxylic acids is 1. The average molecular weight is 363 g/mol. The smallest absolute Gasteiger partial charge is 0.326 e. The Morgan fingerprint density at radius 2 is 1.46 bits per heavy atom. The standard InChI is InChI=1S/C21H33NO4/c1-2-3-4-5-6-7-8-9-10-11-20(24)22-19(21(25)26)16-17-12-14-18(23)15-13-17/h12-15,19,23H,2-11,16H2,1H3,(H,22,24)(H,25,26). The molecule has 146 valence electrons. The van der Waals surface area contributed by atoms with Crippen molar-refractivity contribution in [3.8, 4) is 5.75 Å². The van der Waals surface area contributed by atoms with Crippen LogP contribution in [0.25, 0.3) is 0 Å². The molecule has 0 fully saturated rings. The molecular weight excluding hydrogens is 330 g/mol. The first-order chi connectivity index (χ1) is 12.5. The monoisotopic (exact) mass is 363 g/mol. The molecule has 26 heavy (non-hydrogen) atoms. The maximum Gasteiger partial charge on any atom is 0.326 e. The number of unbranched alkanes of at least 4 members (excludes halogenated alkanes) is 8. The summed E-state index contributed by atoms with van der Waals surface area (Å²) in [5.41, 5.74) is 0.763. The first-order valence-electron chi connectivity index (χ1n) is 9.83. The van der Waals surface area contributed by atoms with E-state index in [4.69, 9.17) is 0 Å². The van der Waals surface area contributed by atoms with E-state index in [9.17, 15) is 19.8 Å². The number of hydrogen-bond acceptors (Lipinski definition) is 3. The van der Waals surface area contributed by atoms with Crippen LogP contribution in [0.15, 0.2) is 24.3 Å². The maximum atomic E-state index is 12.0. The summed E-state index contributed by atoms with van der Waals surface area (Å²) in [6, 6.07) is 5.41. The third-order valence-electron chi connectivity index (χ3n) is 4.52. The van der Waals surface area contributed by atoms with Crippen LogP contribution in [0.1, 0.15) is 76.7 Å². The van der Waals surface area contributed by atoms with E-state index < -0.39 is 12.0 Å². The van der Waals surface area contributed by atoms with E-state index in [2.05, 4.69) is 12.2 Å². The van der Waals surface area contributed by atoms with Gasteiger partial charge in [0.2, 0.25) is 5.91 Å². The number of nitrogens with one attached hydrogen (secondary N) is 1. The van der Waals surface area contributed by atoms with E-state index in [0.717, 1.165) is 24.8 Å². The highest BCUT2D eigenvalue weighted by atomic mass is 16.4. The number of aliphatic carboxylic acids is 1. The summed E-state index contributed by atoms with van der Waals surface area (Å²) in [5.74, 6) is -1.12. The predicted molar refractivity (Wildman–Crippen MR) is 103 cm³/mol. The topological polar surface area (TPSA) is 86.6 Å². The van der Waals surface area contributed by atoms with Gasteiger partial charge in [0.25, 0.3) is 0 Å². The zero-order valence-corrected chi connectivity index (χ0v) is 15.9. The highest BCUT2D eigenvalue weighted by Gasteiger charge is 2.20. The van der Waals surface area contributed by atoms with Crippen LogP contribution in [-0.4, -0.2) is 28.1 Å². The number of amides is 1. The lowest BCUT2D eigenvalue weighted by Gasteiger charge is -2.14. The highest BCUT2D eigenvalue weighted by Crippen LogP contribution is 2.12. The molecule has 5 heteroatoms. The second-order valence-electron chi connectivity index (χ2n) is 6.91. The zero-order chi connectivity index (χ0) is 19.2. The minimum atomic E-state index is -1.04. The fourth-order valence-corrected chi connectivity index (χ4v) is 2.93. The van der Waals surface area contributed by atoms with Gasteiger partial charge in [0.1, 0.15) is 11.8 Å². The fourth-order valence-electron chi connectivity index (χ4n) is 2.93. The molecule has 0 bridgehead atoms. The molecule has 3 N–H and O–H groups in total. The number of carbonyl (C=O) groups excluding carboxylic acids is 1. The molecule has 5 nitrogen and oxygen atoms in total.